The van der Waals surface area contributed by atoms with Gasteiger partial charge in [0.05, 0.1) is 13.2 Å². The second-order valence-corrected chi connectivity index (χ2v) is 6.28. The fourth-order valence-electron chi connectivity index (χ4n) is 3.33. The van der Waals surface area contributed by atoms with Crippen LogP contribution < -0.4 is 14.7 Å². The van der Waals surface area contributed by atoms with E-state index in [-0.39, 0.29) is 18.7 Å². The minimum Gasteiger partial charge on any atom is -0.550 e. The van der Waals surface area contributed by atoms with Crippen molar-refractivity contribution < 1.29 is 19.4 Å². The molecule has 0 unspecified atom stereocenters. The molecule has 5 nitrogen and oxygen atoms in total. The summed E-state index contributed by atoms with van der Waals surface area (Å²) in [7, 11) is 1.57. The minimum absolute atomic E-state index is 0.0813. The van der Waals surface area contributed by atoms with Gasteiger partial charge in [0.25, 0.3) is 0 Å². The van der Waals surface area contributed by atoms with Crippen molar-refractivity contribution >= 4 is 17.6 Å². The first-order chi connectivity index (χ1) is 12.0. The lowest BCUT2D eigenvalue weighted by atomic mass is 9.84. The molecule has 1 aliphatic rings. The number of piperidine rings is 1. The summed E-state index contributed by atoms with van der Waals surface area (Å²) in [5.41, 5.74) is 2.52. The summed E-state index contributed by atoms with van der Waals surface area (Å²) >= 11 is 0. The summed E-state index contributed by atoms with van der Waals surface area (Å²) in [5, 5.41) is 11.7. The molecule has 0 spiro atoms. The van der Waals surface area contributed by atoms with Crippen LogP contribution in [0.15, 0.2) is 48.5 Å². The van der Waals surface area contributed by atoms with Gasteiger partial charge in [0.15, 0.2) is 0 Å². The normalized spacial score (nSPS) is 20.4. The van der Waals surface area contributed by atoms with Crippen LogP contribution in [0.5, 0.6) is 5.75 Å². The standard InChI is InChI=1S/C20H21NO4/c1-13-3-7-15(8-4-13)21-18(22)12-11-17(20(23)24)19(21)14-5-9-16(25-2)10-6-14/h3-10,17,19H,11-12H2,1-2H3,(H,23,24)/p-1/t17-,19-/m1/s1. The average molecular weight is 338 g/mol. The Morgan fingerprint density at radius 3 is 2.32 bits per heavy atom. The van der Waals surface area contributed by atoms with Gasteiger partial charge in [-0.25, -0.2) is 0 Å². The van der Waals surface area contributed by atoms with E-state index in [1.54, 1.807) is 36.3 Å². The minimum atomic E-state index is -1.13. The number of hydrogen-bond donors (Lipinski definition) is 0. The van der Waals surface area contributed by atoms with Gasteiger partial charge in [-0.05, 0) is 43.2 Å². The number of carbonyl (C=O) groups is 2. The number of carboxylic acids is 1. The number of anilines is 1. The van der Waals surface area contributed by atoms with Crippen molar-refractivity contribution in [2.45, 2.75) is 25.8 Å². The molecule has 0 N–H and O–H groups in total. The Morgan fingerprint density at radius 1 is 1.12 bits per heavy atom. The van der Waals surface area contributed by atoms with E-state index in [2.05, 4.69) is 0 Å². The SMILES string of the molecule is COc1ccc([C@@H]2[C@H](C(=O)[O-])CCC(=O)N2c2ccc(C)cc2)cc1. The molecule has 25 heavy (non-hydrogen) atoms. The quantitative estimate of drug-likeness (QED) is 0.857. The lowest BCUT2D eigenvalue weighted by molar-refractivity contribution is -0.312. The van der Waals surface area contributed by atoms with Crippen LogP contribution in [0.2, 0.25) is 0 Å². The van der Waals surface area contributed by atoms with Crippen molar-refractivity contribution in [1.29, 1.82) is 0 Å². The van der Waals surface area contributed by atoms with Crippen molar-refractivity contribution in [3.05, 3.63) is 59.7 Å². The van der Waals surface area contributed by atoms with Crippen LogP contribution in [-0.2, 0) is 9.59 Å². The summed E-state index contributed by atoms with van der Waals surface area (Å²) in [6.07, 6.45) is 0.472. The molecule has 2 aromatic carbocycles. The molecule has 3 rings (SSSR count). The van der Waals surface area contributed by atoms with E-state index in [0.717, 1.165) is 11.1 Å². The highest BCUT2D eigenvalue weighted by Gasteiger charge is 2.38. The van der Waals surface area contributed by atoms with Gasteiger partial charge in [0.1, 0.15) is 5.75 Å². The molecule has 1 aliphatic heterocycles. The first kappa shape index (κ1) is 17.0. The molecule has 1 heterocycles. The molecule has 130 valence electrons. The van der Waals surface area contributed by atoms with Crippen molar-refractivity contribution in [1.82, 2.24) is 0 Å². The van der Waals surface area contributed by atoms with Gasteiger partial charge < -0.3 is 19.5 Å². The van der Waals surface area contributed by atoms with Crippen LogP contribution >= 0.6 is 0 Å². The van der Waals surface area contributed by atoms with Gasteiger partial charge in [-0.15, -0.1) is 0 Å². The van der Waals surface area contributed by atoms with Gasteiger partial charge in [-0.3, -0.25) is 4.79 Å². The Bertz CT molecular complexity index is 767. The van der Waals surface area contributed by atoms with Gasteiger partial charge in [0.2, 0.25) is 5.91 Å². The fraction of sp³-hybridized carbons (Fsp3) is 0.300. The van der Waals surface area contributed by atoms with Crippen molar-refractivity contribution in [2.75, 3.05) is 12.0 Å². The topological polar surface area (TPSA) is 69.7 Å². The van der Waals surface area contributed by atoms with Crippen molar-refractivity contribution in [3.63, 3.8) is 0 Å². The molecule has 5 heteroatoms. The van der Waals surface area contributed by atoms with E-state index in [0.29, 0.717) is 11.4 Å². The summed E-state index contributed by atoms with van der Waals surface area (Å²) in [6.45, 7) is 1.97. The maximum atomic E-state index is 12.6. The smallest absolute Gasteiger partial charge is 0.227 e. The summed E-state index contributed by atoms with van der Waals surface area (Å²) in [5.74, 6) is -1.29. The molecule has 0 bridgehead atoms. The van der Waals surface area contributed by atoms with E-state index >= 15 is 0 Å². The Hall–Kier alpha value is -2.82. The van der Waals surface area contributed by atoms with Crippen LogP contribution in [0.25, 0.3) is 0 Å². The van der Waals surface area contributed by atoms with E-state index in [1.165, 1.54) is 0 Å². The zero-order valence-electron chi connectivity index (χ0n) is 14.3. The number of carbonyl (C=O) groups excluding carboxylic acids is 2. The molecule has 0 aromatic heterocycles. The zero-order chi connectivity index (χ0) is 18.0. The highest BCUT2D eigenvalue weighted by atomic mass is 16.5. The number of aliphatic carboxylic acids is 1. The monoisotopic (exact) mass is 338 g/mol. The molecule has 0 aliphatic carbocycles. The van der Waals surface area contributed by atoms with E-state index in [9.17, 15) is 14.7 Å². The third-order valence-corrected chi connectivity index (χ3v) is 4.67. The second kappa shape index (κ2) is 6.97. The number of aryl methyl sites for hydroxylation is 1. The zero-order valence-corrected chi connectivity index (χ0v) is 14.3. The number of nitrogens with zero attached hydrogens (tertiary/aromatic N) is 1. The molecule has 0 saturated carbocycles. The first-order valence-corrected chi connectivity index (χ1v) is 8.25. The number of carboxylic acid groups (broad SMARTS) is 1. The molecule has 2 aromatic rings. The Morgan fingerprint density at radius 2 is 1.76 bits per heavy atom. The predicted molar refractivity (Wildman–Crippen MR) is 92.1 cm³/mol. The first-order valence-electron chi connectivity index (χ1n) is 8.25. The molecular weight excluding hydrogens is 318 g/mol. The lowest BCUT2D eigenvalue weighted by Crippen LogP contribution is -2.49. The van der Waals surface area contributed by atoms with E-state index < -0.39 is 17.9 Å². The summed E-state index contributed by atoms with van der Waals surface area (Å²) in [4.78, 5) is 26.0. The molecular formula is C20H20NO4-. The van der Waals surface area contributed by atoms with Crippen LogP contribution in [0.1, 0.15) is 30.0 Å². The lowest BCUT2D eigenvalue weighted by Gasteiger charge is -2.42. The molecule has 1 fully saturated rings. The maximum absolute atomic E-state index is 12.6. The van der Waals surface area contributed by atoms with Gasteiger partial charge in [-0.1, -0.05) is 29.8 Å². The fourth-order valence-corrected chi connectivity index (χ4v) is 3.33. The van der Waals surface area contributed by atoms with Gasteiger partial charge in [-0.2, -0.15) is 0 Å². The third kappa shape index (κ3) is 3.36. The van der Waals surface area contributed by atoms with E-state index in [4.69, 9.17) is 4.74 Å². The largest absolute Gasteiger partial charge is 0.550 e. The van der Waals surface area contributed by atoms with Crippen LogP contribution in [-0.4, -0.2) is 19.0 Å². The van der Waals surface area contributed by atoms with Crippen LogP contribution in [0, 0.1) is 12.8 Å². The Labute approximate surface area is 146 Å². The Kier molecular flexibility index (Phi) is 4.74. The number of ether oxygens (including phenoxy) is 1. The Balaban J connectivity index is 2.07. The maximum Gasteiger partial charge on any atom is 0.227 e. The molecule has 0 radical (unpaired) electrons. The number of benzene rings is 2. The van der Waals surface area contributed by atoms with Gasteiger partial charge >= 0.3 is 0 Å². The average Bonchev–Trinajstić information content (AvgIpc) is 2.62. The molecule has 1 amide bonds. The third-order valence-electron chi connectivity index (χ3n) is 4.67. The number of amides is 1. The summed E-state index contributed by atoms with van der Waals surface area (Å²) < 4.78 is 5.17. The van der Waals surface area contributed by atoms with E-state index in [1.807, 2.05) is 31.2 Å². The van der Waals surface area contributed by atoms with Crippen molar-refractivity contribution in [3.8, 4) is 5.75 Å². The highest BCUT2D eigenvalue weighted by Crippen LogP contribution is 2.40. The van der Waals surface area contributed by atoms with Crippen molar-refractivity contribution in [2.24, 2.45) is 5.92 Å². The number of rotatable bonds is 4. The molecule has 1 saturated heterocycles. The highest BCUT2D eigenvalue weighted by molar-refractivity contribution is 5.96. The predicted octanol–water partition coefficient (Wildman–Crippen LogP) is 2.24. The number of methoxy groups -OCH3 is 1. The van der Waals surface area contributed by atoms with Gasteiger partial charge in [0, 0.05) is 24.0 Å². The van der Waals surface area contributed by atoms with Crippen LogP contribution in [0.3, 0.4) is 0 Å². The van der Waals surface area contributed by atoms with Crippen LogP contribution in [0.4, 0.5) is 5.69 Å². The summed E-state index contributed by atoms with van der Waals surface area (Å²) in [6, 6.07) is 14.1. The number of hydrogen-bond acceptors (Lipinski definition) is 4. The second-order valence-electron chi connectivity index (χ2n) is 6.28. The molecule has 2 atom stereocenters.